The molecule has 0 bridgehead atoms. The molecule has 0 saturated heterocycles. The number of nitrogens with zero attached hydrogens (tertiary/aromatic N) is 1. The van der Waals surface area contributed by atoms with E-state index in [1.807, 2.05) is 0 Å². The summed E-state index contributed by atoms with van der Waals surface area (Å²) in [6.07, 6.45) is 5.71. The van der Waals surface area contributed by atoms with E-state index in [9.17, 15) is 8.42 Å². The lowest BCUT2D eigenvalue weighted by atomic mass is 10.2. The quantitative estimate of drug-likeness (QED) is 0.568. The molecule has 0 aromatic carbocycles. The molecule has 0 aliphatic carbocycles. The Morgan fingerprint density at radius 2 is 2.12 bits per heavy atom. The van der Waals surface area contributed by atoms with E-state index in [-0.39, 0.29) is 10.8 Å². The zero-order valence-electron chi connectivity index (χ0n) is 9.73. The molecule has 1 aromatic rings. The smallest absolute Gasteiger partial charge is 0.266 e. The summed E-state index contributed by atoms with van der Waals surface area (Å²) in [4.78, 5) is 3.81. The van der Waals surface area contributed by atoms with E-state index in [0.717, 1.165) is 25.7 Å². The summed E-state index contributed by atoms with van der Waals surface area (Å²) in [5.41, 5.74) is 0. The first-order valence-electron chi connectivity index (χ1n) is 5.58. The Labute approximate surface area is 106 Å². The van der Waals surface area contributed by atoms with Crippen LogP contribution in [-0.4, -0.2) is 20.0 Å². The van der Waals surface area contributed by atoms with Gasteiger partial charge in [-0.2, -0.15) is 0 Å². The van der Waals surface area contributed by atoms with Gasteiger partial charge < -0.3 is 4.74 Å². The first kappa shape index (κ1) is 14.3. The Morgan fingerprint density at radius 3 is 2.76 bits per heavy atom. The molecule has 6 heteroatoms. The normalized spacial score (nSPS) is 11.4. The van der Waals surface area contributed by atoms with Crippen molar-refractivity contribution in [2.24, 2.45) is 0 Å². The lowest BCUT2D eigenvalue weighted by molar-refractivity contribution is 0.286. The van der Waals surface area contributed by atoms with Crippen molar-refractivity contribution >= 4 is 19.7 Å². The molecule has 0 atom stereocenters. The minimum atomic E-state index is -3.80. The van der Waals surface area contributed by atoms with Crippen molar-refractivity contribution in [1.29, 1.82) is 0 Å². The third kappa shape index (κ3) is 4.91. The molecule has 1 aromatic heterocycles. The number of ether oxygens (including phenoxy) is 1. The third-order valence-corrected chi connectivity index (χ3v) is 3.57. The van der Waals surface area contributed by atoms with Gasteiger partial charge in [-0.1, -0.05) is 26.2 Å². The fourth-order valence-electron chi connectivity index (χ4n) is 1.37. The monoisotopic (exact) mass is 277 g/mol. The summed E-state index contributed by atoms with van der Waals surface area (Å²) < 4.78 is 27.8. The zero-order chi connectivity index (χ0) is 12.7. The van der Waals surface area contributed by atoms with Crippen LogP contribution in [0.25, 0.3) is 0 Å². The van der Waals surface area contributed by atoms with E-state index in [4.69, 9.17) is 15.4 Å². The number of hydrogen-bond donors (Lipinski definition) is 0. The average Bonchev–Trinajstić information content (AvgIpc) is 2.28. The lowest BCUT2D eigenvalue weighted by Gasteiger charge is -2.07. The van der Waals surface area contributed by atoms with E-state index in [1.54, 1.807) is 0 Å². The third-order valence-electron chi connectivity index (χ3n) is 2.24. The van der Waals surface area contributed by atoms with Crippen LogP contribution in [0.2, 0.25) is 0 Å². The van der Waals surface area contributed by atoms with Gasteiger partial charge in [-0.05, 0) is 18.6 Å². The first-order chi connectivity index (χ1) is 8.05. The van der Waals surface area contributed by atoms with Crippen LogP contribution in [0, 0.1) is 0 Å². The Kier molecular flexibility index (Phi) is 5.71. The molecule has 1 rings (SSSR count). The van der Waals surface area contributed by atoms with E-state index in [2.05, 4.69) is 11.9 Å². The summed E-state index contributed by atoms with van der Waals surface area (Å²) in [7, 11) is 1.48. The van der Waals surface area contributed by atoms with Gasteiger partial charge in [-0.3, -0.25) is 0 Å². The maximum atomic E-state index is 11.2. The number of pyridine rings is 1. The van der Waals surface area contributed by atoms with E-state index in [0.29, 0.717) is 6.61 Å². The lowest BCUT2D eigenvalue weighted by Crippen LogP contribution is -2.03. The van der Waals surface area contributed by atoms with Gasteiger partial charge in [0.25, 0.3) is 9.05 Å². The van der Waals surface area contributed by atoms with Crippen LogP contribution in [0.4, 0.5) is 0 Å². The Morgan fingerprint density at radius 1 is 1.35 bits per heavy atom. The Balaban J connectivity index is 2.59. The Hall–Kier alpha value is -0.810. The second-order valence-corrected chi connectivity index (χ2v) is 6.19. The fourth-order valence-corrected chi connectivity index (χ4v) is 2.28. The van der Waals surface area contributed by atoms with E-state index >= 15 is 0 Å². The van der Waals surface area contributed by atoms with Gasteiger partial charge in [0.15, 0.2) is 0 Å². The summed E-state index contributed by atoms with van der Waals surface area (Å²) >= 11 is 0. The van der Waals surface area contributed by atoms with Gasteiger partial charge in [0.2, 0.25) is 5.88 Å². The summed E-state index contributed by atoms with van der Waals surface area (Å²) in [6.45, 7) is 2.58. The highest BCUT2D eigenvalue weighted by molar-refractivity contribution is 8.13. The molecule has 0 spiro atoms. The molecule has 0 saturated carbocycles. The van der Waals surface area contributed by atoms with Crippen LogP contribution in [0.1, 0.15) is 32.6 Å². The summed E-state index contributed by atoms with van der Waals surface area (Å²) in [6, 6.07) is 2.90. The standard InChI is InChI=1S/C11H16ClNO3S/c1-2-3-4-5-9-16-11-10(17(12,14)15)7-6-8-13-11/h6-8H,2-5,9H2,1H3. The molecule has 0 fully saturated rings. The fraction of sp³-hybridized carbons (Fsp3) is 0.545. The molecule has 0 aliphatic heterocycles. The molecule has 17 heavy (non-hydrogen) atoms. The second-order valence-electron chi connectivity index (χ2n) is 3.65. The maximum absolute atomic E-state index is 11.2. The van der Waals surface area contributed by atoms with Crippen LogP contribution in [-0.2, 0) is 9.05 Å². The van der Waals surface area contributed by atoms with Gasteiger partial charge in [-0.25, -0.2) is 13.4 Å². The zero-order valence-corrected chi connectivity index (χ0v) is 11.3. The van der Waals surface area contributed by atoms with Gasteiger partial charge in [0, 0.05) is 16.9 Å². The van der Waals surface area contributed by atoms with Crippen LogP contribution >= 0.6 is 10.7 Å². The minimum Gasteiger partial charge on any atom is -0.477 e. The van der Waals surface area contributed by atoms with Crippen molar-refractivity contribution in [3.05, 3.63) is 18.3 Å². The predicted molar refractivity (Wildman–Crippen MR) is 66.9 cm³/mol. The van der Waals surface area contributed by atoms with Gasteiger partial charge in [0.1, 0.15) is 4.90 Å². The number of unbranched alkanes of at least 4 members (excludes halogenated alkanes) is 3. The molecule has 96 valence electrons. The molecular formula is C11H16ClNO3S. The minimum absolute atomic E-state index is 0.0721. The second kappa shape index (κ2) is 6.81. The van der Waals surface area contributed by atoms with Crippen LogP contribution in [0.5, 0.6) is 5.88 Å². The predicted octanol–water partition coefficient (Wildman–Crippen LogP) is 2.97. The van der Waals surface area contributed by atoms with Crippen molar-refractivity contribution in [3.8, 4) is 5.88 Å². The maximum Gasteiger partial charge on any atom is 0.266 e. The van der Waals surface area contributed by atoms with Crippen molar-refractivity contribution in [1.82, 2.24) is 4.98 Å². The number of rotatable bonds is 7. The molecule has 0 N–H and O–H groups in total. The van der Waals surface area contributed by atoms with Crippen molar-refractivity contribution < 1.29 is 13.2 Å². The summed E-state index contributed by atoms with van der Waals surface area (Å²) in [5, 5.41) is 0. The number of aromatic nitrogens is 1. The van der Waals surface area contributed by atoms with Crippen molar-refractivity contribution in [2.45, 2.75) is 37.5 Å². The van der Waals surface area contributed by atoms with Gasteiger partial charge in [0.05, 0.1) is 6.61 Å². The van der Waals surface area contributed by atoms with E-state index < -0.39 is 9.05 Å². The van der Waals surface area contributed by atoms with Crippen LogP contribution in [0.15, 0.2) is 23.2 Å². The largest absolute Gasteiger partial charge is 0.477 e. The number of halogens is 1. The van der Waals surface area contributed by atoms with Crippen LogP contribution < -0.4 is 4.74 Å². The van der Waals surface area contributed by atoms with Gasteiger partial charge >= 0.3 is 0 Å². The van der Waals surface area contributed by atoms with Gasteiger partial charge in [-0.15, -0.1) is 0 Å². The number of hydrogen-bond acceptors (Lipinski definition) is 4. The highest BCUT2D eigenvalue weighted by Gasteiger charge is 2.17. The highest BCUT2D eigenvalue weighted by atomic mass is 35.7. The highest BCUT2D eigenvalue weighted by Crippen LogP contribution is 2.24. The molecule has 0 unspecified atom stereocenters. The van der Waals surface area contributed by atoms with Crippen molar-refractivity contribution in [3.63, 3.8) is 0 Å². The average molecular weight is 278 g/mol. The van der Waals surface area contributed by atoms with Crippen molar-refractivity contribution in [2.75, 3.05) is 6.61 Å². The molecular weight excluding hydrogens is 262 g/mol. The molecule has 0 radical (unpaired) electrons. The molecule has 1 heterocycles. The molecule has 4 nitrogen and oxygen atoms in total. The topological polar surface area (TPSA) is 56.3 Å². The molecule has 0 aliphatic rings. The SMILES string of the molecule is CCCCCCOc1ncccc1S(=O)(=O)Cl. The molecule has 0 amide bonds. The Bertz CT molecular complexity index is 448. The summed E-state index contributed by atoms with van der Waals surface area (Å²) in [5.74, 6) is 0.0824. The van der Waals surface area contributed by atoms with E-state index in [1.165, 1.54) is 18.3 Å². The van der Waals surface area contributed by atoms with Crippen LogP contribution in [0.3, 0.4) is 0 Å². The first-order valence-corrected chi connectivity index (χ1v) is 7.89.